The van der Waals surface area contributed by atoms with Crippen molar-refractivity contribution in [1.29, 1.82) is 0 Å². The standard InChI is InChI=1S/C22H21FN6OS/c1-13-5-8-19(29-24-9-10-25-29)15(11-13)21(30)26-16-3-2-4-17(16)27-22-28-18-7-6-14(23)12-20(18)31-22/h5-12,16-17H,2-4H2,1H3,(H,26,30)(H,27,28)/t16-,17+/m1/s1. The predicted octanol–water partition coefficient (Wildman–Crippen LogP) is 4.09. The number of nitrogens with one attached hydrogen (secondary N) is 2. The molecule has 0 bridgehead atoms. The average molecular weight is 437 g/mol. The molecule has 0 saturated heterocycles. The van der Waals surface area contributed by atoms with E-state index in [-0.39, 0.29) is 23.8 Å². The average Bonchev–Trinajstić information content (AvgIpc) is 3.49. The van der Waals surface area contributed by atoms with Crippen molar-refractivity contribution in [2.24, 2.45) is 0 Å². The van der Waals surface area contributed by atoms with Crippen molar-refractivity contribution in [3.05, 3.63) is 65.7 Å². The van der Waals surface area contributed by atoms with Gasteiger partial charge in [0.25, 0.3) is 5.91 Å². The minimum absolute atomic E-state index is 0.0322. The first kappa shape index (κ1) is 19.6. The number of anilines is 1. The summed E-state index contributed by atoms with van der Waals surface area (Å²) in [5.41, 5.74) is 2.94. The van der Waals surface area contributed by atoms with Crippen LogP contribution in [0, 0.1) is 12.7 Å². The Bertz CT molecular complexity index is 1240. The number of benzene rings is 2. The first-order valence-electron chi connectivity index (χ1n) is 10.2. The Morgan fingerprint density at radius 3 is 2.77 bits per heavy atom. The number of aryl methyl sites for hydroxylation is 1. The molecule has 4 aromatic rings. The fraction of sp³-hybridized carbons (Fsp3) is 0.273. The largest absolute Gasteiger partial charge is 0.357 e. The highest BCUT2D eigenvalue weighted by molar-refractivity contribution is 7.22. The molecule has 2 aromatic carbocycles. The second kappa shape index (κ2) is 8.07. The molecule has 1 fully saturated rings. The molecule has 2 N–H and O–H groups in total. The lowest BCUT2D eigenvalue weighted by atomic mass is 10.1. The maximum absolute atomic E-state index is 13.5. The van der Waals surface area contributed by atoms with E-state index in [1.807, 2.05) is 25.1 Å². The van der Waals surface area contributed by atoms with Crippen LogP contribution in [-0.2, 0) is 0 Å². The molecule has 31 heavy (non-hydrogen) atoms. The molecule has 0 aliphatic heterocycles. The van der Waals surface area contributed by atoms with E-state index in [1.54, 1.807) is 18.5 Å². The lowest BCUT2D eigenvalue weighted by Gasteiger charge is -2.22. The molecule has 158 valence electrons. The van der Waals surface area contributed by atoms with Gasteiger partial charge >= 0.3 is 0 Å². The maximum Gasteiger partial charge on any atom is 0.253 e. The fourth-order valence-electron chi connectivity index (χ4n) is 4.02. The van der Waals surface area contributed by atoms with E-state index >= 15 is 0 Å². The van der Waals surface area contributed by atoms with Crippen molar-refractivity contribution in [2.75, 3.05) is 5.32 Å². The second-order valence-electron chi connectivity index (χ2n) is 7.73. The monoisotopic (exact) mass is 436 g/mol. The van der Waals surface area contributed by atoms with Gasteiger partial charge < -0.3 is 10.6 Å². The first-order valence-corrected chi connectivity index (χ1v) is 11.0. The van der Waals surface area contributed by atoms with Gasteiger partial charge in [-0.2, -0.15) is 15.0 Å². The van der Waals surface area contributed by atoms with Crippen molar-refractivity contribution in [3.63, 3.8) is 0 Å². The number of thiazole rings is 1. The molecular weight excluding hydrogens is 415 g/mol. The molecule has 1 saturated carbocycles. The number of rotatable bonds is 5. The molecule has 1 aliphatic rings. The van der Waals surface area contributed by atoms with Crippen molar-refractivity contribution < 1.29 is 9.18 Å². The predicted molar refractivity (Wildman–Crippen MR) is 118 cm³/mol. The van der Waals surface area contributed by atoms with Gasteiger partial charge in [0.15, 0.2) is 5.13 Å². The zero-order valence-corrected chi connectivity index (χ0v) is 17.7. The number of fused-ring (bicyclic) bond motifs is 1. The van der Waals surface area contributed by atoms with E-state index in [2.05, 4.69) is 25.8 Å². The molecule has 5 rings (SSSR count). The van der Waals surface area contributed by atoms with Gasteiger partial charge in [-0.05, 0) is 56.5 Å². The van der Waals surface area contributed by atoms with Crippen LogP contribution in [0.25, 0.3) is 15.9 Å². The van der Waals surface area contributed by atoms with E-state index in [4.69, 9.17) is 0 Å². The Hall–Kier alpha value is -3.33. The molecule has 0 spiro atoms. The molecule has 9 heteroatoms. The number of carbonyl (C=O) groups excluding carboxylic acids is 1. The van der Waals surface area contributed by atoms with Crippen molar-refractivity contribution in [2.45, 2.75) is 38.3 Å². The summed E-state index contributed by atoms with van der Waals surface area (Å²) in [6.45, 7) is 1.95. The van der Waals surface area contributed by atoms with E-state index in [9.17, 15) is 9.18 Å². The third-order valence-corrected chi connectivity index (χ3v) is 6.47. The van der Waals surface area contributed by atoms with Gasteiger partial charge in [0.05, 0.1) is 33.9 Å². The van der Waals surface area contributed by atoms with Gasteiger partial charge in [0.2, 0.25) is 0 Å². The summed E-state index contributed by atoms with van der Waals surface area (Å²) in [5.74, 6) is -0.421. The van der Waals surface area contributed by atoms with Gasteiger partial charge in [-0.1, -0.05) is 23.0 Å². The molecule has 0 radical (unpaired) electrons. The lowest BCUT2D eigenvalue weighted by Crippen LogP contribution is -2.43. The summed E-state index contributed by atoms with van der Waals surface area (Å²) in [4.78, 5) is 19.2. The van der Waals surface area contributed by atoms with E-state index in [0.29, 0.717) is 11.3 Å². The lowest BCUT2D eigenvalue weighted by molar-refractivity contribution is 0.0935. The molecule has 0 unspecified atom stereocenters. The van der Waals surface area contributed by atoms with Crippen molar-refractivity contribution in [1.82, 2.24) is 25.3 Å². The van der Waals surface area contributed by atoms with Crippen LogP contribution in [-0.4, -0.2) is 38.0 Å². The molecule has 2 atom stereocenters. The van der Waals surface area contributed by atoms with Crippen LogP contribution < -0.4 is 10.6 Å². The van der Waals surface area contributed by atoms with Crippen LogP contribution in [0.3, 0.4) is 0 Å². The Morgan fingerprint density at radius 1 is 1.13 bits per heavy atom. The smallest absolute Gasteiger partial charge is 0.253 e. The first-order chi connectivity index (χ1) is 15.1. The van der Waals surface area contributed by atoms with Crippen LogP contribution in [0.1, 0.15) is 35.2 Å². The molecule has 1 aliphatic carbocycles. The van der Waals surface area contributed by atoms with Gasteiger partial charge in [-0.15, -0.1) is 0 Å². The molecule has 7 nitrogen and oxygen atoms in total. The Morgan fingerprint density at radius 2 is 1.94 bits per heavy atom. The van der Waals surface area contributed by atoms with Crippen LogP contribution >= 0.6 is 11.3 Å². The quantitative estimate of drug-likeness (QED) is 0.492. The van der Waals surface area contributed by atoms with Crippen LogP contribution in [0.2, 0.25) is 0 Å². The minimum atomic E-state index is -0.269. The van der Waals surface area contributed by atoms with Crippen LogP contribution in [0.5, 0.6) is 0 Å². The highest BCUT2D eigenvalue weighted by atomic mass is 32.1. The molecular formula is C22H21FN6OS. The van der Waals surface area contributed by atoms with Gasteiger partial charge in [-0.25, -0.2) is 9.37 Å². The van der Waals surface area contributed by atoms with Crippen LogP contribution in [0.15, 0.2) is 48.8 Å². The molecule has 1 amide bonds. The normalized spacial score (nSPS) is 18.4. The third-order valence-electron chi connectivity index (χ3n) is 5.52. The maximum atomic E-state index is 13.5. The number of hydrogen-bond acceptors (Lipinski definition) is 6. The van der Waals surface area contributed by atoms with E-state index in [0.717, 1.165) is 40.2 Å². The summed E-state index contributed by atoms with van der Waals surface area (Å²) in [6, 6.07) is 10.3. The molecule has 2 heterocycles. The number of carbonyl (C=O) groups is 1. The summed E-state index contributed by atoms with van der Waals surface area (Å²) in [5, 5.41) is 15.7. The number of nitrogens with zero attached hydrogens (tertiary/aromatic N) is 4. The second-order valence-corrected chi connectivity index (χ2v) is 8.76. The Labute approximate surface area is 182 Å². The fourth-order valence-corrected chi connectivity index (χ4v) is 4.97. The van der Waals surface area contributed by atoms with Gasteiger partial charge in [0, 0.05) is 12.1 Å². The Balaban J connectivity index is 1.34. The van der Waals surface area contributed by atoms with Crippen molar-refractivity contribution >= 4 is 32.6 Å². The third kappa shape index (κ3) is 4.00. The number of hydrogen-bond donors (Lipinski definition) is 2. The minimum Gasteiger partial charge on any atom is -0.357 e. The van der Waals surface area contributed by atoms with Gasteiger partial charge in [-0.3, -0.25) is 4.79 Å². The number of aromatic nitrogens is 4. The van der Waals surface area contributed by atoms with E-state index < -0.39 is 0 Å². The zero-order valence-electron chi connectivity index (χ0n) is 16.9. The van der Waals surface area contributed by atoms with Crippen LogP contribution in [0.4, 0.5) is 9.52 Å². The topological polar surface area (TPSA) is 84.7 Å². The summed E-state index contributed by atoms with van der Waals surface area (Å²) in [6.07, 6.45) is 5.98. The summed E-state index contributed by atoms with van der Waals surface area (Å²) < 4.78 is 14.3. The highest BCUT2D eigenvalue weighted by Crippen LogP contribution is 2.30. The van der Waals surface area contributed by atoms with Gasteiger partial charge in [0.1, 0.15) is 5.82 Å². The summed E-state index contributed by atoms with van der Waals surface area (Å²) in [7, 11) is 0. The SMILES string of the molecule is Cc1ccc(-n2nccn2)c(C(=O)N[C@@H]2CCC[C@@H]2Nc2nc3ccc(F)cc3s2)c1. The Kier molecular flexibility index (Phi) is 5.11. The summed E-state index contributed by atoms with van der Waals surface area (Å²) >= 11 is 1.42. The number of halogens is 1. The zero-order chi connectivity index (χ0) is 21.4. The van der Waals surface area contributed by atoms with Crippen molar-refractivity contribution in [3.8, 4) is 5.69 Å². The van der Waals surface area contributed by atoms with E-state index in [1.165, 1.54) is 28.3 Å². The molecule has 2 aromatic heterocycles. The highest BCUT2D eigenvalue weighted by Gasteiger charge is 2.30. The number of amides is 1.